The molecule has 0 unspecified atom stereocenters. The number of ether oxygens (including phenoxy) is 1. The molecule has 0 bridgehead atoms. The van der Waals surface area contributed by atoms with E-state index in [-0.39, 0.29) is 0 Å². The lowest BCUT2D eigenvalue weighted by atomic mass is 10.2. The van der Waals surface area contributed by atoms with Crippen LogP contribution in [0.2, 0.25) is 0 Å². The van der Waals surface area contributed by atoms with Gasteiger partial charge in [-0.25, -0.2) is 9.97 Å². The number of hydrogen-bond donors (Lipinski definition) is 1. The van der Waals surface area contributed by atoms with E-state index in [1.807, 2.05) is 31.5 Å². The lowest BCUT2D eigenvalue weighted by Gasteiger charge is -2.09. The zero-order chi connectivity index (χ0) is 14.2. The molecule has 0 saturated carbocycles. The summed E-state index contributed by atoms with van der Waals surface area (Å²) in [7, 11) is 1.71. The summed E-state index contributed by atoms with van der Waals surface area (Å²) >= 11 is 1.59. The monoisotopic (exact) mass is 289 g/mol. The molecule has 0 aliphatic rings. The van der Waals surface area contributed by atoms with Crippen molar-refractivity contribution in [1.82, 2.24) is 15.3 Å². The van der Waals surface area contributed by atoms with Gasteiger partial charge in [0.1, 0.15) is 0 Å². The van der Waals surface area contributed by atoms with Gasteiger partial charge in [-0.15, -0.1) is 0 Å². The van der Waals surface area contributed by atoms with Crippen LogP contribution in [0.15, 0.2) is 46.7 Å². The number of hydrogen-bond acceptors (Lipinski definition) is 5. The van der Waals surface area contributed by atoms with Gasteiger partial charge in [-0.05, 0) is 35.9 Å². The zero-order valence-electron chi connectivity index (χ0n) is 11.8. The van der Waals surface area contributed by atoms with Gasteiger partial charge >= 0.3 is 0 Å². The molecule has 2 rings (SSSR count). The molecular weight excluding hydrogens is 270 g/mol. The Morgan fingerprint density at radius 3 is 2.70 bits per heavy atom. The van der Waals surface area contributed by atoms with Crippen LogP contribution >= 0.6 is 11.8 Å². The third-order valence-electron chi connectivity index (χ3n) is 2.73. The van der Waals surface area contributed by atoms with Gasteiger partial charge in [-0.3, -0.25) is 0 Å². The highest BCUT2D eigenvalue weighted by Gasteiger charge is 2.05. The van der Waals surface area contributed by atoms with Gasteiger partial charge in [0.05, 0.1) is 6.61 Å². The summed E-state index contributed by atoms with van der Waals surface area (Å²) in [5, 5.41) is 4.14. The van der Waals surface area contributed by atoms with Crippen molar-refractivity contribution in [1.29, 1.82) is 0 Å². The van der Waals surface area contributed by atoms with Gasteiger partial charge in [-0.2, -0.15) is 0 Å². The summed E-state index contributed by atoms with van der Waals surface area (Å²) in [4.78, 5) is 9.85. The zero-order valence-corrected chi connectivity index (χ0v) is 12.6. The van der Waals surface area contributed by atoms with Crippen molar-refractivity contribution in [2.75, 3.05) is 20.3 Å². The van der Waals surface area contributed by atoms with Gasteiger partial charge in [0.2, 0.25) is 0 Å². The molecule has 0 fully saturated rings. The molecule has 1 N–H and O–H groups in total. The average Bonchev–Trinajstić information content (AvgIpc) is 2.47. The lowest BCUT2D eigenvalue weighted by Crippen LogP contribution is -2.18. The number of benzene rings is 1. The minimum absolute atomic E-state index is 0.719. The minimum Gasteiger partial charge on any atom is -0.383 e. The van der Waals surface area contributed by atoms with E-state index in [1.165, 1.54) is 10.5 Å². The van der Waals surface area contributed by atoms with Gasteiger partial charge in [0, 0.05) is 37.5 Å². The summed E-state index contributed by atoms with van der Waals surface area (Å²) in [5.74, 6) is 0. The van der Waals surface area contributed by atoms with Gasteiger partial charge in [0.15, 0.2) is 5.16 Å². The molecule has 106 valence electrons. The minimum atomic E-state index is 0.719. The van der Waals surface area contributed by atoms with Crippen molar-refractivity contribution in [3.63, 3.8) is 0 Å². The molecule has 2 aromatic rings. The summed E-state index contributed by atoms with van der Waals surface area (Å²) in [6.07, 6.45) is 3.68. The Morgan fingerprint density at radius 2 is 1.95 bits per heavy atom. The van der Waals surface area contributed by atoms with Crippen LogP contribution < -0.4 is 5.32 Å². The van der Waals surface area contributed by atoms with E-state index in [0.29, 0.717) is 0 Å². The summed E-state index contributed by atoms with van der Waals surface area (Å²) in [5.41, 5.74) is 2.32. The van der Waals surface area contributed by atoms with Crippen molar-refractivity contribution in [3.05, 3.63) is 47.8 Å². The predicted molar refractivity (Wildman–Crippen MR) is 80.9 cm³/mol. The van der Waals surface area contributed by atoms with Crippen LogP contribution in [0.1, 0.15) is 11.1 Å². The van der Waals surface area contributed by atoms with Crippen LogP contribution in [0, 0.1) is 6.92 Å². The first-order valence-electron chi connectivity index (χ1n) is 6.53. The van der Waals surface area contributed by atoms with Gasteiger partial charge < -0.3 is 10.1 Å². The Bertz CT molecular complexity index is 531. The second-order valence-electron chi connectivity index (χ2n) is 4.42. The van der Waals surface area contributed by atoms with E-state index in [1.54, 1.807) is 18.9 Å². The molecule has 0 aliphatic heterocycles. The van der Waals surface area contributed by atoms with E-state index in [2.05, 4.69) is 27.4 Å². The standard InChI is InChI=1S/C15H19N3OS/c1-12-9-17-15(18-10-12)20-14-6-4-3-5-13(14)11-16-7-8-19-2/h3-6,9-10,16H,7-8,11H2,1-2H3. The second-order valence-corrected chi connectivity index (χ2v) is 5.43. The maximum atomic E-state index is 5.03. The topological polar surface area (TPSA) is 47.0 Å². The number of rotatable bonds is 7. The van der Waals surface area contributed by atoms with Crippen LogP contribution in [-0.2, 0) is 11.3 Å². The van der Waals surface area contributed by atoms with Crippen molar-refractivity contribution in [2.45, 2.75) is 23.5 Å². The molecule has 0 saturated heterocycles. The van der Waals surface area contributed by atoms with E-state index >= 15 is 0 Å². The fourth-order valence-corrected chi connectivity index (χ4v) is 2.50. The molecule has 0 radical (unpaired) electrons. The van der Waals surface area contributed by atoms with E-state index < -0.39 is 0 Å². The van der Waals surface area contributed by atoms with Crippen molar-refractivity contribution in [3.8, 4) is 0 Å². The van der Waals surface area contributed by atoms with Crippen LogP contribution in [-0.4, -0.2) is 30.2 Å². The third-order valence-corrected chi connectivity index (χ3v) is 3.74. The van der Waals surface area contributed by atoms with Crippen LogP contribution in [0.5, 0.6) is 0 Å². The maximum Gasteiger partial charge on any atom is 0.192 e. The quantitative estimate of drug-likeness (QED) is 0.627. The fraction of sp³-hybridized carbons (Fsp3) is 0.333. The summed E-state index contributed by atoms with van der Waals surface area (Å²) < 4.78 is 5.03. The third kappa shape index (κ3) is 4.59. The van der Waals surface area contributed by atoms with Gasteiger partial charge in [0.25, 0.3) is 0 Å². The molecule has 0 atom stereocenters. The molecule has 0 amide bonds. The summed E-state index contributed by atoms with van der Waals surface area (Å²) in [6.45, 7) is 4.37. The first-order valence-corrected chi connectivity index (χ1v) is 7.35. The number of aromatic nitrogens is 2. The Kier molecular flexibility index (Phi) is 5.98. The highest BCUT2D eigenvalue weighted by Crippen LogP contribution is 2.27. The number of nitrogens with one attached hydrogen (secondary N) is 1. The number of methoxy groups -OCH3 is 1. The van der Waals surface area contributed by atoms with E-state index in [0.717, 1.165) is 30.4 Å². The molecule has 1 aromatic heterocycles. The second kappa shape index (κ2) is 7.99. The predicted octanol–water partition coefficient (Wildman–Crippen LogP) is 2.67. The Balaban J connectivity index is 2.01. The maximum absolute atomic E-state index is 5.03. The van der Waals surface area contributed by atoms with Crippen molar-refractivity contribution < 1.29 is 4.74 Å². The highest BCUT2D eigenvalue weighted by atomic mass is 32.2. The fourth-order valence-electron chi connectivity index (χ4n) is 1.68. The highest BCUT2D eigenvalue weighted by molar-refractivity contribution is 7.99. The van der Waals surface area contributed by atoms with Crippen molar-refractivity contribution in [2.24, 2.45) is 0 Å². The van der Waals surface area contributed by atoms with Gasteiger partial charge in [-0.1, -0.05) is 18.2 Å². The van der Waals surface area contributed by atoms with Crippen LogP contribution in [0.25, 0.3) is 0 Å². The normalized spacial score (nSPS) is 10.7. The molecule has 5 heteroatoms. The molecular formula is C15H19N3OS. The smallest absolute Gasteiger partial charge is 0.192 e. The Hall–Kier alpha value is -1.43. The largest absolute Gasteiger partial charge is 0.383 e. The molecule has 0 spiro atoms. The first kappa shape index (κ1) is 15.0. The molecule has 1 aromatic carbocycles. The first-order chi connectivity index (χ1) is 9.79. The van der Waals surface area contributed by atoms with Crippen LogP contribution in [0.3, 0.4) is 0 Å². The molecule has 20 heavy (non-hydrogen) atoms. The Morgan fingerprint density at radius 1 is 1.20 bits per heavy atom. The molecule has 0 aliphatic carbocycles. The number of nitrogens with zero attached hydrogens (tertiary/aromatic N) is 2. The molecule has 4 nitrogen and oxygen atoms in total. The van der Waals surface area contributed by atoms with E-state index in [9.17, 15) is 0 Å². The number of aryl methyl sites for hydroxylation is 1. The molecule has 1 heterocycles. The lowest BCUT2D eigenvalue weighted by molar-refractivity contribution is 0.199. The van der Waals surface area contributed by atoms with Crippen LogP contribution in [0.4, 0.5) is 0 Å². The SMILES string of the molecule is COCCNCc1ccccc1Sc1ncc(C)cn1. The van der Waals surface area contributed by atoms with E-state index in [4.69, 9.17) is 4.74 Å². The summed E-state index contributed by atoms with van der Waals surface area (Å²) in [6, 6.07) is 8.31. The average molecular weight is 289 g/mol. The van der Waals surface area contributed by atoms with Crippen molar-refractivity contribution >= 4 is 11.8 Å². The Labute approximate surface area is 124 Å².